The molecule has 2 fully saturated rings. The second kappa shape index (κ2) is 6.15. The van der Waals surface area contributed by atoms with E-state index >= 15 is 0 Å². The third-order valence-corrected chi connectivity index (χ3v) is 5.07. The third-order valence-electron chi connectivity index (χ3n) is 5.07. The number of nitrogens with zero attached hydrogens (tertiary/aromatic N) is 2. The predicted octanol–water partition coefficient (Wildman–Crippen LogP) is 2.13. The molecular weight excluding hydrogens is 302 g/mol. The zero-order chi connectivity index (χ0) is 16.7. The fourth-order valence-electron chi connectivity index (χ4n) is 3.87. The second-order valence-corrected chi connectivity index (χ2v) is 7.04. The number of benzene rings is 1. The highest BCUT2D eigenvalue weighted by Gasteiger charge is 2.36. The molecule has 2 aliphatic rings. The smallest absolute Gasteiger partial charge is 0.252 e. The Morgan fingerprint density at radius 3 is 3.08 bits per heavy atom. The molecule has 2 saturated heterocycles. The largest absolute Gasteiger partial charge is 0.376 e. The van der Waals surface area contributed by atoms with Crippen LogP contribution in [0.5, 0.6) is 0 Å². The van der Waals surface area contributed by atoms with Crippen LogP contribution in [-0.2, 0) is 4.74 Å². The first-order valence-corrected chi connectivity index (χ1v) is 8.62. The summed E-state index contributed by atoms with van der Waals surface area (Å²) < 4.78 is 5.74. The topological polar surface area (TPSA) is 54.5 Å². The molecule has 2 aliphatic heterocycles. The Labute approximate surface area is 142 Å². The second-order valence-electron chi connectivity index (χ2n) is 7.04. The number of pyridine rings is 1. The molecule has 3 atom stereocenters. The summed E-state index contributed by atoms with van der Waals surface area (Å²) >= 11 is 0. The third kappa shape index (κ3) is 2.89. The van der Waals surface area contributed by atoms with Crippen LogP contribution in [0.15, 0.2) is 30.5 Å². The van der Waals surface area contributed by atoms with Gasteiger partial charge in [-0.15, -0.1) is 0 Å². The molecule has 5 nitrogen and oxygen atoms in total. The van der Waals surface area contributed by atoms with Gasteiger partial charge in [-0.25, -0.2) is 0 Å². The standard InChI is InChI=1S/C19H23N3O2/c1-12-3-4-18-17(7-12)16(5-6-20-18)19(23)21-14-8-15-11-24-13(2)9-22(15)10-14/h3-7,13-15H,8-11H2,1-2H3,(H,21,23)/t13-,14+,15+/m1/s1. The van der Waals surface area contributed by atoms with Crippen molar-refractivity contribution in [1.82, 2.24) is 15.2 Å². The first-order valence-electron chi connectivity index (χ1n) is 8.62. The summed E-state index contributed by atoms with van der Waals surface area (Å²) in [5.41, 5.74) is 2.70. The number of rotatable bonds is 2. The molecule has 0 spiro atoms. The van der Waals surface area contributed by atoms with E-state index in [1.54, 1.807) is 6.20 Å². The van der Waals surface area contributed by atoms with Crippen molar-refractivity contribution in [2.75, 3.05) is 19.7 Å². The molecule has 0 bridgehead atoms. The number of fused-ring (bicyclic) bond motifs is 2. The van der Waals surface area contributed by atoms with Crippen molar-refractivity contribution in [3.8, 4) is 0 Å². The van der Waals surface area contributed by atoms with Crippen LogP contribution < -0.4 is 5.32 Å². The molecule has 1 aromatic carbocycles. The van der Waals surface area contributed by atoms with E-state index in [1.165, 1.54) is 0 Å². The number of aromatic nitrogens is 1. The summed E-state index contributed by atoms with van der Waals surface area (Å²) in [4.78, 5) is 19.6. The molecule has 2 aromatic rings. The number of hydrogen-bond acceptors (Lipinski definition) is 4. The minimum Gasteiger partial charge on any atom is -0.376 e. The van der Waals surface area contributed by atoms with Gasteiger partial charge in [-0.2, -0.15) is 0 Å². The van der Waals surface area contributed by atoms with E-state index < -0.39 is 0 Å². The summed E-state index contributed by atoms with van der Waals surface area (Å²) in [7, 11) is 0. The van der Waals surface area contributed by atoms with Crippen molar-refractivity contribution in [2.24, 2.45) is 0 Å². The highest BCUT2D eigenvalue weighted by Crippen LogP contribution is 2.24. The number of carbonyl (C=O) groups excluding carboxylic acids is 1. The first kappa shape index (κ1) is 15.5. The van der Waals surface area contributed by atoms with Crippen LogP contribution >= 0.6 is 0 Å². The molecule has 24 heavy (non-hydrogen) atoms. The lowest BCUT2D eigenvalue weighted by Gasteiger charge is -2.33. The SMILES string of the molecule is Cc1ccc2nccc(C(=O)N[C@H]3C[C@H]4CO[C@H](C)CN4C3)c2c1. The normalized spacial score (nSPS) is 27.2. The van der Waals surface area contributed by atoms with Crippen molar-refractivity contribution >= 4 is 16.8 Å². The minimum absolute atomic E-state index is 0.00758. The number of ether oxygens (including phenoxy) is 1. The predicted molar refractivity (Wildman–Crippen MR) is 93.1 cm³/mol. The Morgan fingerprint density at radius 1 is 1.33 bits per heavy atom. The Hall–Kier alpha value is -1.98. The average molecular weight is 325 g/mol. The number of nitrogens with one attached hydrogen (secondary N) is 1. The highest BCUT2D eigenvalue weighted by molar-refractivity contribution is 6.06. The molecule has 0 unspecified atom stereocenters. The van der Waals surface area contributed by atoms with Crippen LogP contribution in [0, 0.1) is 6.92 Å². The number of aryl methyl sites for hydroxylation is 1. The molecule has 4 rings (SSSR count). The summed E-state index contributed by atoms with van der Waals surface area (Å²) in [6, 6.07) is 8.45. The zero-order valence-electron chi connectivity index (χ0n) is 14.2. The van der Waals surface area contributed by atoms with E-state index in [9.17, 15) is 4.79 Å². The van der Waals surface area contributed by atoms with Crippen LogP contribution in [-0.4, -0.2) is 53.7 Å². The number of morpholine rings is 1. The monoisotopic (exact) mass is 325 g/mol. The Balaban J connectivity index is 1.52. The van der Waals surface area contributed by atoms with Gasteiger partial charge in [0.1, 0.15) is 0 Å². The molecular formula is C19H23N3O2. The quantitative estimate of drug-likeness (QED) is 0.919. The lowest BCUT2D eigenvalue weighted by Crippen LogP contribution is -2.45. The molecule has 1 aromatic heterocycles. The van der Waals surface area contributed by atoms with Gasteiger partial charge in [0.25, 0.3) is 5.91 Å². The fourth-order valence-corrected chi connectivity index (χ4v) is 3.87. The van der Waals surface area contributed by atoms with Gasteiger partial charge in [0.15, 0.2) is 0 Å². The van der Waals surface area contributed by atoms with E-state index in [0.29, 0.717) is 11.6 Å². The van der Waals surface area contributed by atoms with Crippen molar-refractivity contribution in [1.29, 1.82) is 0 Å². The minimum atomic E-state index is -0.00758. The molecule has 126 valence electrons. The molecule has 0 saturated carbocycles. The number of amides is 1. The van der Waals surface area contributed by atoms with Crippen LogP contribution in [0.25, 0.3) is 10.9 Å². The van der Waals surface area contributed by atoms with Gasteiger partial charge in [0.05, 0.1) is 23.8 Å². The number of hydrogen-bond donors (Lipinski definition) is 1. The summed E-state index contributed by atoms with van der Waals surface area (Å²) in [5, 5.41) is 4.13. The Bertz CT molecular complexity index is 776. The Kier molecular flexibility index (Phi) is 3.98. The summed E-state index contributed by atoms with van der Waals surface area (Å²) in [6.45, 7) is 6.77. The number of carbonyl (C=O) groups is 1. The average Bonchev–Trinajstić information content (AvgIpc) is 2.95. The fraction of sp³-hybridized carbons (Fsp3) is 0.474. The summed E-state index contributed by atoms with van der Waals surface area (Å²) in [6.07, 6.45) is 2.95. The van der Waals surface area contributed by atoms with E-state index in [0.717, 1.165) is 42.6 Å². The summed E-state index contributed by atoms with van der Waals surface area (Å²) in [5.74, 6) is -0.00758. The molecule has 0 radical (unpaired) electrons. The molecule has 5 heteroatoms. The Morgan fingerprint density at radius 2 is 2.21 bits per heavy atom. The van der Waals surface area contributed by atoms with E-state index in [1.807, 2.05) is 31.2 Å². The maximum atomic E-state index is 12.8. The van der Waals surface area contributed by atoms with Gasteiger partial charge < -0.3 is 10.1 Å². The molecule has 1 N–H and O–H groups in total. The van der Waals surface area contributed by atoms with Crippen LogP contribution in [0.4, 0.5) is 0 Å². The first-order chi connectivity index (χ1) is 11.6. The van der Waals surface area contributed by atoms with Gasteiger partial charge >= 0.3 is 0 Å². The van der Waals surface area contributed by atoms with Gasteiger partial charge in [-0.3, -0.25) is 14.7 Å². The van der Waals surface area contributed by atoms with Crippen LogP contribution in [0.1, 0.15) is 29.3 Å². The molecule has 3 heterocycles. The highest BCUT2D eigenvalue weighted by atomic mass is 16.5. The van der Waals surface area contributed by atoms with Gasteiger partial charge in [-0.05, 0) is 38.5 Å². The van der Waals surface area contributed by atoms with Crippen LogP contribution in [0.3, 0.4) is 0 Å². The lowest BCUT2D eigenvalue weighted by atomic mass is 10.1. The van der Waals surface area contributed by atoms with Gasteiger partial charge in [-0.1, -0.05) is 11.6 Å². The van der Waals surface area contributed by atoms with Gasteiger partial charge in [0, 0.05) is 36.8 Å². The van der Waals surface area contributed by atoms with Crippen molar-refractivity contribution in [3.63, 3.8) is 0 Å². The van der Waals surface area contributed by atoms with E-state index in [-0.39, 0.29) is 18.1 Å². The molecule has 0 aliphatic carbocycles. The zero-order valence-corrected chi connectivity index (χ0v) is 14.2. The van der Waals surface area contributed by atoms with Crippen molar-refractivity contribution in [2.45, 2.75) is 38.5 Å². The van der Waals surface area contributed by atoms with Crippen molar-refractivity contribution in [3.05, 3.63) is 41.6 Å². The lowest BCUT2D eigenvalue weighted by molar-refractivity contribution is -0.0390. The molecule has 1 amide bonds. The maximum absolute atomic E-state index is 12.8. The maximum Gasteiger partial charge on any atom is 0.252 e. The van der Waals surface area contributed by atoms with Crippen molar-refractivity contribution < 1.29 is 9.53 Å². The van der Waals surface area contributed by atoms with Gasteiger partial charge in [0.2, 0.25) is 0 Å². The van der Waals surface area contributed by atoms with E-state index in [2.05, 4.69) is 22.1 Å². The van der Waals surface area contributed by atoms with E-state index in [4.69, 9.17) is 4.74 Å². The van der Waals surface area contributed by atoms with Crippen LogP contribution in [0.2, 0.25) is 0 Å².